The van der Waals surface area contributed by atoms with E-state index in [0.29, 0.717) is 11.0 Å². The van der Waals surface area contributed by atoms with Crippen LogP contribution in [0, 0.1) is 18.3 Å². The number of ether oxygens (including phenoxy) is 1. The van der Waals surface area contributed by atoms with Gasteiger partial charge in [0, 0.05) is 0 Å². The highest BCUT2D eigenvalue weighted by Gasteiger charge is 2.26. The summed E-state index contributed by atoms with van der Waals surface area (Å²) in [5.74, 6) is -0.911. The zero-order chi connectivity index (χ0) is 30.4. The summed E-state index contributed by atoms with van der Waals surface area (Å²) in [5.41, 5.74) is 1.25. The Bertz CT molecular complexity index is 2190. The molecule has 0 unspecified atom stereocenters. The molecule has 2 aromatic carbocycles. The fourth-order valence-corrected chi connectivity index (χ4v) is 5.40. The molecule has 0 aliphatic heterocycles. The Morgan fingerprint density at radius 1 is 1.12 bits per heavy atom. The van der Waals surface area contributed by atoms with Crippen molar-refractivity contribution < 1.29 is 35.5 Å². The number of aryl methyl sites for hydroxylation is 1. The predicted octanol–water partition coefficient (Wildman–Crippen LogP) is 3.20. The number of imidazole rings is 1. The number of carbonyl (C=O) groups excluding carboxylic acids is 1. The number of carbonyl (C=O) groups is 1. The summed E-state index contributed by atoms with van der Waals surface area (Å²) < 4.78 is 74.7. The van der Waals surface area contributed by atoms with Crippen molar-refractivity contribution in [3.05, 3.63) is 59.4 Å². The normalized spacial score (nSPS) is 12.4. The molecule has 0 aliphatic carbocycles. The van der Waals surface area contributed by atoms with Gasteiger partial charge in [-0.2, -0.15) is 27.2 Å². The Morgan fingerprint density at radius 2 is 1.86 bits per heavy atom. The van der Waals surface area contributed by atoms with Crippen molar-refractivity contribution in [2.45, 2.75) is 30.1 Å². The molecule has 0 aliphatic rings. The van der Waals surface area contributed by atoms with E-state index in [0.717, 1.165) is 22.9 Å². The average Bonchev–Trinajstić information content (AvgIpc) is 3.55. The van der Waals surface area contributed by atoms with E-state index in [9.17, 15) is 36.0 Å². The molecular formula is C24H20N8O8S2. The van der Waals surface area contributed by atoms with Crippen LogP contribution in [0.15, 0.2) is 62.5 Å². The van der Waals surface area contributed by atoms with Gasteiger partial charge in [-0.05, 0) is 44.2 Å². The molecule has 216 valence electrons. The van der Waals surface area contributed by atoms with Crippen LogP contribution in [-0.2, 0) is 36.2 Å². The summed E-state index contributed by atoms with van der Waals surface area (Å²) >= 11 is 0. The first-order valence-corrected chi connectivity index (χ1v) is 14.9. The van der Waals surface area contributed by atoms with Crippen LogP contribution in [0.2, 0.25) is 0 Å². The summed E-state index contributed by atoms with van der Waals surface area (Å²) in [4.78, 5) is 15.4. The first-order chi connectivity index (χ1) is 19.8. The first-order valence-electron chi connectivity index (χ1n) is 12.0. The van der Waals surface area contributed by atoms with Gasteiger partial charge in [0.05, 0.1) is 46.0 Å². The third-order valence-electron chi connectivity index (χ3n) is 6.06. The number of esters is 1. The van der Waals surface area contributed by atoms with Crippen LogP contribution < -0.4 is 0 Å². The minimum atomic E-state index is -4.96. The zero-order valence-corrected chi connectivity index (χ0v) is 23.4. The monoisotopic (exact) mass is 612 g/mol. The third-order valence-corrected chi connectivity index (χ3v) is 7.81. The number of rotatable bonds is 8. The van der Waals surface area contributed by atoms with Gasteiger partial charge >= 0.3 is 5.97 Å². The average molecular weight is 613 g/mol. The Labute approximate surface area is 237 Å². The molecule has 0 saturated heterocycles. The van der Waals surface area contributed by atoms with Crippen molar-refractivity contribution in [2.24, 2.45) is 10.2 Å². The van der Waals surface area contributed by atoms with Gasteiger partial charge in [-0.3, -0.25) is 19.0 Å². The quantitative estimate of drug-likeness (QED) is 0.131. The van der Waals surface area contributed by atoms with Crippen molar-refractivity contribution in [2.75, 3.05) is 6.61 Å². The lowest BCUT2D eigenvalue weighted by molar-refractivity contribution is -0.142. The molecule has 0 atom stereocenters. The predicted molar refractivity (Wildman–Crippen MR) is 144 cm³/mol. The molecule has 18 heteroatoms. The minimum Gasteiger partial charge on any atom is -0.466 e. The first kappa shape index (κ1) is 28.6. The van der Waals surface area contributed by atoms with Gasteiger partial charge < -0.3 is 4.74 Å². The number of nitrogens with zero attached hydrogens (tertiary/aromatic N) is 7. The Morgan fingerprint density at radius 3 is 2.52 bits per heavy atom. The van der Waals surface area contributed by atoms with Crippen molar-refractivity contribution in [1.82, 2.24) is 24.4 Å². The van der Waals surface area contributed by atoms with Crippen molar-refractivity contribution in [1.29, 1.82) is 5.26 Å². The van der Waals surface area contributed by atoms with E-state index in [1.165, 1.54) is 6.92 Å². The summed E-state index contributed by atoms with van der Waals surface area (Å²) in [6.07, 6.45) is -0.243. The Hall–Kier alpha value is -4.96. The molecule has 16 nitrogen and oxygen atoms in total. The van der Waals surface area contributed by atoms with E-state index < -0.39 is 41.7 Å². The molecule has 0 saturated carbocycles. The molecule has 0 radical (unpaired) electrons. The van der Waals surface area contributed by atoms with E-state index in [1.807, 2.05) is 6.07 Å². The van der Waals surface area contributed by atoms with Gasteiger partial charge in [0.1, 0.15) is 16.5 Å². The van der Waals surface area contributed by atoms with E-state index >= 15 is 0 Å². The number of aromatic nitrogens is 5. The van der Waals surface area contributed by atoms with E-state index in [4.69, 9.17) is 4.74 Å². The fraction of sp³-hybridized carbons (Fsp3) is 0.167. The van der Waals surface area contributed by atoms with Crippen molar-refractivity contribution in [3.8, 4) is 11.8 Å². The number of hydrogen-bond acceptors (Lipinski definition) is 11. The molecule has 3 heterocycles. The van der Waals surface area contributed by atoms with Gasteiger partial charge in [0.2, 0.25) is 0 Å². The SMILES string of the molecule is CCOC(=O)Cc1[nH]n2c(nc3ccccc32)c1N=Nc1c(C#N)c(C)nn1-c1cc(S(=O)(=O)O)ccc1S(=O)(=O)O. The van der Waals surface area contributed by atoms with Crippen LogP contribution in [0.25, 0.3) is 22.4 Å². The highest BCUT2D eigenvalue weighted by atomic mass is 32.2. The van der Waals surface area contributed by atoms with Crippen molar-refractivity contribution in [3.63, 3.8) is 0 Å². The van der Waals surface area contributed by atoms with Crippen LogP contribution in [-0.4, -0.2) is 62.9 Å². The summed E-state index contributed by atoms with van der Waals surface area (Å²) in [6.45, 7) is 3.20. The number of aromatic amines is 1. The maximum absolute atomic E-state index is 12.3. The topological polar surface area (TPSA) is 234 Å². The molecule has 42 heavy (non-hydrogen) atoms. The van der Waals surface area contributed by atoms with Gasteiger partial charge in [-0.25, -0.2) is 14.2 Å². The number of hydrogen-bond donors (Lipinski definition) is 3. The Balaban J connectivity index is 1.75. The lowest BCUT2D eigenvalue weighted by Crippen LogP contribution is -2.09. The number of fused-ring (bicyclic) bond motifs is 3. The maximum atomic E-state index is 12.3. The lowest BCUT2D eigenvalue weighted by Gasteiger charge is -2.10. The number of H-pyrrole nitrogens is 1. The molecule has 0 fully saturated rings. The van der Waals surface area contributed by atoms with Gasteiger partial charge in [-0.1, -0.05) is 12.1 Å². The second-order valence-electron chi connectivity index (χ2n) is 8.77. The highest BCUT2D eigenvalue weighted by molar-refractivity contribution is 7.86. The fourth-order valence-electron chi connectivity index (χ4n) is 4.25. The molecule has 0 spiro atoms. The Kier molecular flexibility index (Phi) is 7.11. The number of azo groups is 1. The van der Waals surface area contributed by atoms with Crippen LogP contribution in [0.5, 0.6) is 0 Å². The molecule has 3 N–H and O–H groups in total. The van der Waals surface area contributed by atoms with E-state index in [2.05, 4.69) is 25.4 Å². The number of benzene rings is 2. The molecule has 0 bridgehead atoms. The summed E-state index contributed by atoms with van der Waals surface area (Å²) in [7, 11) is -9.78. The number of nitriles is 1. The lowest BCUT2D eigenvalue weighted by atomic mass is 10.2. The zero-order valence-electron chi connectivity index (χ0n) is 21.7. The molecule has 0 amide bonds. The van der Waals surface area contributed by atoms with Gasteiger partial charge in [0.25, 0.3) is 20.2 Å². The van der Waals surface area contributed by atoms with Crippen LogP contribution in [0.4, 0.5) is 11.5 Å². The highest BCUT2D eigenvalue weighted by Crippen LogP contribution is 2.34. The number of nitrogens with one attached hydrogen (secondary N) is 1. The van der Waals surface area contributed by atoms with E-state index in [-0.39, 0.29) is 47.1 Å². The molecule has 3 aromatic heterocycles. The smallest absolute Gasteiger partial charge is 0.311 e. The van der Waals surface area contributed by atoms with Crippen LogP contribution in [0.3, 0.4) is 0 Å². The van der Waals surface area contributed by atoms with Crippen LogP contribution in [0.1, 0.15) is 23.9 Å². The largest absolute Gasteiger partial charge is 0.466 e. The van der Waals surface area contributed by atoms with Gasteiger partial charge in [-0.15, -0.1) is 10.2 Å². The van der Waals surface area contributed by atoms with Gasteiger partial charge in [0.15, 0.2) is 17.2 Å². The molecule has 5 rings (SSSR count). The van der Waals surface area contributed by atoms with Crippen LogP contribution >= 0.6 is 0 Å². The summed E-state index contributed by atoms with van der Waals surface area (Å²) in [6, 6.07) is 11.3. The maximum Gasteiger partial charge on any atom is 0.311 e. The van der Waals surface area contributed by atoms with E-state index in [1.54, 1.807) is 35.7 Å². The molecule has 5 aromatic rings. The second-order valence-corrected chi connectivity index (χ2v) is 11.6. The second kappa shape index (κ2) is 10.5. The molecular weight excluding hydrogens is 592 g/mol. The standard InChI is InChI=1S/C24H20N8O8S2/c1-3-40-21(33)11-17-22(24-26-16-6-4-5-7-18(16)31(24)30-17)27-28-23-15(12-25)13(2)29-32(23)19-10-14(41(34,35)36)8-9-20(19)42(37,38)39/h4-10,30H,3,11H2,1-2H3,(H,34,35,36)(H,37,38,39). The number of para-hydroxylation sites is 2. The third kappa shape index (κ3) is 5.12. The minimum absolute atomic E-state index is 0.0579. The van der Waals surface area contributed by atoms with Crippen molar-refractivity contribution >= 4 is 54.4 Å². The summed E-state index contributed by atoms with van der Waals surface area (Å²) in [5, 5.41) is 25.4.